The van der Waals surface area contributed by atoms with Gasteiger partial charge in [-0.15, -0.1) is 0 Å². The third-order valence-corrected chi connectivity index (χ3v) is 2.73. The zero-order chi connectivity index (χ0) is 21.2. The summed E-state index contributed by atoms with van der Waals surface area (Å²) in [7, 11) is -2.86. The number of hydrogen-bond donors (Lipinski definition) is 3. The third-order valence-electron chi connectivity index (χ3n) is 2.73. The van der Waals surface area contributed by atoms with E-state index in [2.05, 4.69) is 0 Å². The summed E-state index contributed by atoms with van der Waals surface area (Å²) >= 11 is 0. The van der Waals surface area contributed by atoms with E-state index >= 15 is 0 Å². The molecule has 1 rings (SSSR count). The van der Waals surface area contributed by atoms with Gasteiger partial charge in [0.2, 0.25) is 0 Å². The van der Waals surface area contributed by atoms with E-state index in [1.807, 2.05) is 0 Å². The molecule has 29 heavy (non-hydrogen) atoms. The Balaban J connectivity index is 0. The van der Waals surface area contributed by atoms with Crippen molar-refractivity contribution >= 4 is 22.9 Å². The number of carbonyl (C=O) groups excluding carboxylic acids is 2. The quantitative estimate of drug-likeness (QED) is 0.0714. The first kappa shape index (κ1) is 30.7. The number of ether oxygens (including phenoxy) is 4. The van der Waals surface area contributed by atoms with Gasteiger partial charge in [-0.05, 0) is 18.2 Å². The molecular formula is C16H23KO11S. The summed E-state index contributed by atoms with van der Waals surface area (Å²) in [6.07, 6.45) is 0. The molecule has 0 atom stereocenters. The fourth-order valence-corrected chi connectivity index (χ4v) is 1.66. The van der Waals surface area contributed by atoms with Gasteiger partial charge in [-0.1, -0.05) is 6.07 Å². The number of rotatable bonds is 12. The topological polar surface area (TPSA) is 166 Å². The number of carbonyl (C=O) groups is 2. The zero-order valence-corrected chi connectivity index (χ0v) is 19.9. The van der Waals surface area contributed by atoms with Crippen LogP contribution in [-0.4, -0.2) is 79.6 Å². The molecule has 0 saturated carbocycles. The monoisotopic (exact) mass is 462 g/mol. The van der Waals surface area contributed by atoms with E-state index in [4.69, 9.17) is 42.1 Å². The second kappa shape index (κ2) is 20.8. The van der Waals surface area contributed by atoms with Crippen LogP contribution in [0.25, 0.3) is 0 Å². The number of benzene rings is 1. The van der Waals surface area contributed by atoms with Crippen LogP contribution in [-0.2, 0) is 38.4 Å². The van der Waals surface area contributed by atoms with E-state index in [1.54, 1.807) is 6.07 Å². The molecule has 0 aliphatic rings. The normalized spacial score (nSPS) is 9.79. The molecule has 0 saturated heterocycles. The van der Waals surface area contributed by atoms with Gasteiger partial charge in [-0.3, -0.25) is 0 Å². The Labute approximate surface area is 212 Å². The molecule has 1 aromatic carbocycles. The average molecular weight is 463 g/mol. The van der Waals surface area contributed by atoms with Gasteiger partial charge in [0.15, 0.2) is 0 Å². The van der Waals surface area contributed by atoms with Crippen LogP contribution in [0.3, 0.4) is 0 Å². The SMILES string of the molecule is O=C(OCCOCCO)c1cccc(C(=O)OCCOCCO)c1.O=[S-](=O)O.[K+]. The molecule has 160 valence electrons. The van der Waals surface area contributed by atoms with Gasteiger partial charge < -0.3 is 42.1 Å². The fraction of sp³-hybridized carbons (Fsp3) is 0.500. The standard InChI is InChI=1S/C16H22O8.K.HO3S/c17-4-6-21-8-10-23-15(19)13-2-1-3-14(12-13)16(20)24-11-9-22-7-5-18;;1-4(2)3/h1-3,12,17-18H,4-11H2;;(H,1,2,3)/q;+1;-1. The minimum absolute atomic E-state index is 0. The first-order chi connectivity index (χ1) is 13.4. The molecule has 0 aromatic heterocycles. The van der Waals surface area contributed by atoms with E-state index in [0.717, 1.165) is 0 Å². The first-order valence-electron chi connectivity index (χ1n) is 8.02. The van der Waals surface area contributed by atoms with Crippen molar-refractivity contribution in [1.82, 2.24) is 0 Å². The smallest absolute Gasteiger partial charge is 0.460 e. The second-order valence-electron chi connectivity index (χ2n) is 4.74. The van der Waals surface area contributed by atoms with Crippen molar-refractivity contribution in [2.75, 3.05) is 52.9 Å². The van der Waals surface area contributed by atoms with E-state index in [0.29, 0.717) is 0 Å². The van der Waals surface area contributed by atoms with Crippen molar-refractivity contribution in [3.8, 4) is 0 Å². The molecule has 0 aliphatic heterocycles. The van der Waals surface area contributed by atoms with Crippen LogP contribution in [0.15, 0.2) is 24.3 Å². The first-order valence-corrected chi connectivity index (χ1v) is 9.05. The molecule has 0 spiro atoms. The van der Waals surface area contributed by atoms with Crippen molar-refractivity contribution in [3.63, 3.8) is 0 Å². The van der Waals surface area contributed by atoms with Gasteiger partial charge in [-0.2, -0.15) is 0 Å². The Morgan fingerprint density at radius 2 is 1.17 bits per heavy atom. The summed E-state index contributed by atoms with van der Waals surface area (Å²) in [6.45, 7) is 0.642. The molecule has 3 N–H and O–H groups in total. The number of aliphatic hydroxyl groups is 2. The maximum atomic E-state index is 11.9. The molecule has 0 bridgehead atoms. The van der Waals surface area contributed by atoms with Crippen molar-refractivity contribution < 1.29 is 103 Å². The van der Waals surface area contributed by atoms with Gasteiger partial charge >= 0.3 is 63.3 Å². The Morgan fingerprint density at radius 1 is 0.793 bits per heavy atom. The van der Waals surface area contributed by atoms with Gasteiger partial charge in [0.1, 0.15) is 13.2 Å². The summed E-state index contributed by atoms with van der Waals surface area (Å²) in [5.74, 6) is -1.16. The van der Waals surface area contributed by atoms with Crippen molar-refractivity contribution in [2.24, 2.45) is 0 Å². The summed E-state index contributed by atoms with van der Waals surface area (Å²) in [6, 6.07) is 5.99. The van der Waals surface area contributed by atoms with Gasteiger partial charge in [0.25, 0.3) is 0 Å². The summed E-state index contributed by atoms with van der Waals surface area (Å²) in [5.41, 5.74) is 0.450. The van der Waals surface area contributed by atoms with Crippen LogP contribution >= 0.6 is 0 Å². The van der Waals surface area contributed by atoms with Crippen molar-refractivity contribution in [2.45, 2.75) is 0 Å². The molecular weight excluding hydrogens is 439 g/mol. The average Bonchev–Trinajstić information content (AvgIpc) is 2.67. The number of hydrogen-bond acceptors (Lipinski definition) is 11. The Morgan fingerprint density at radius 3 is 1.52 bits per heavy atom. The number of aliphatic hydroxyl groups excluding tert-OH is 2. The van der Waals surface area contributed by atoms with Crippen LogP contribution < -0.4 is 51.4 Å². The molecule has 0 unspecified atom stereocenters. The fourth-order valence-electron chi connectivity index (χ4n) is 1.66. The minimum atomic E-state index is -2.86. The Kier molecular flexibility index (Phi) is 22.1. The predicted octanol–water partition coefficient (Wildman–Crippen LogP) is -3.21. The minimum Gasteiger partial charge on any atom is -0.460 e. The van der Waals surface area contributed by atoms with E-state index < -0.39 is 22.9 Å². The molecule has 13 heteroatoms. The van der Waals surface area contributed by atoms with Gasteiger partial charge in [0.05, 0.1) is 50.8 Å². The Bertz CT molecular complexity index is 602. The van der Waals surface area contributed by atoms with Crippen LogP contribution in [0.2, 0.25) is 0 Å². The zero-order valence-electron chi connectivity index (χ0n) is 16.0. The molecule has 11 nitrogen and oxygen atoms in total. The van der Waals surface area contributed by atoms with Crippen LogP contribution in [0.5, 0.6) is 0 Å². The summed E-state index contributed by atoms with van der Waals surface area (Å²) in [4.78, 5) is 23.7. The third kappa shape index (κ3) is 18.1. The summed E-state index contributed by atoms with van der Waals surface area (Å²) < 4.78 is 44.0. The molecule has 0 radical (unpaired) electrons. The largest absolute Gasteiger partial charge is 1.00 e. The van der Waals surface area contributed by atoms with Crippen LogP contribution in [0.4, 0.5) is 0 Å². The maximum Gasteiger partial charge on any atom is 1.00 e. The van der Waals surface area contributed by atoms with Crippen LogP contribution in [0, 0.1) is 0 Å². The molecule has 0 fully saturated rings. The van der Waals surface area contributed by atoms with E-state index in [1.165, 1.54) is 18.2 Å². The molecule has 0 aliphatic carbocycles. The maximum absolute atomic E-state index is 11.9. The van der Waals surface area contributed by atoms with E-state index in [-0.39, 0.29) is 115 Å². The second-order valence-corrected chi connectivity index (χ2v) is 5.18. The van der Waals surface area contributed by atoms with Gasteiger partial charge in [-0.25, -0.2) is 9.59 Å². The van der Waals surface area contributed by atoms with Crippen LogP contribution in [0.1, 0.15) is 20.7 Å². The molecule has 0 heterocycles. The van der Waals surface area contributed by atoms with Crippen molar-refractivity contribution in [3.05, 3.63) is 35.4 Å². The number of esters is 2. The predicted molar refractivity (Wildman–Crippen MR) is 94.2 cm³/mol. The molecule has 1 aromatic rings. The van der Waals surface area contributed by atoms with Gasteiger partial charge in [0, 0.05) is 11.0 Å². The Hall–Kier alpha value is -0.454. The summed E-state index contributed by atoms with van der Waals surface area (Å²) in [5, 5.41) is 17.1. The molecule has 0 amide bonds. The van der Waals surface area contributed by atoms with E-state index in [9.17, 15) is 9.59 Å². The van der Waals surface area contributed by atoms with Crippen molar-refractivity contribution in [1.29, 1.82) is 0 Å².